The van der Waals surface area contributed by atoms with E-state index in [9.17, 15) is 4.79 Å². The maximum absolute atomic E-state index is 12.8. The number of amides is 1. The Balaban J connectivity index is 0.00000342. The lowest BCUT2D eigenvalue weighted by Gasteiger charge is -2.17. The van der Waals surface area contributed by atoms with E-state index >= 15 is 0 Å². The third kappa shape index (κ3) is 6.14. The van der Waals surface area contributed by atoms with Crippen LogP contribution in [0.4, 0.5) is 0 Å². The molecule has 4 rings (SSSR count). The zero-order chi connectivity index (χ0) is 24.1. The second-order valence-corrected chi connectivity index (χ2v) is 9.17. The molecule has 1 N–H and O–H groups in total. The van der Waals surface area contributed by atoms with E-state index in [0.29, 0.717) is 17.9 Å². The van der Waals surface area contributed by atoms with Gasteiger partial charge in [0.05, 0.1) is 18.5 Å². The van der Waals surface area contributed by atoms with Crippen molar-refractivity contribution in [2.45, 2.75) is 0 Å². The maximum Gasteiger partial charge on any atom is 0.251 e. The summed E-state index contributed by atoms with van der Waals surface area (Å²) in [5.74, 6) is 0.610. The van der Waals surface area contributed by atoms with Crippen LogP contribution >= 0.6 is 28.3 Å². The first-order valence-corrected chi connectivity index (χ1v) is 11.9. The van der Waals surface area contributed by atoms with Gasteiger partial charge in [0.15, 0.2) is 0 Å². The van der Waals surface area contributed by atoms with Crippen LogP contribution in [0.5, 0.6) is 5.75 Å². The van der Waals surface area contributed by atoms with Crippen molar-refractivity contribution in [3.63, 3.8) is 0 Å². The Labute approximate surface area is 221 Å². The molecule has 7 heteroatoms. The quantitative estimate of drug-likeness (QED) is 0.278. The topological polar surface area (TPSA) is 46.5 Å². The fourth-order valence-electron chi connectivity index (χ4n) is 3.89. The van der Waals surface area contributed by atoms with Gasteiger partial charge in [0.1, 0.15) is 5.75 Å². The van der Waals surface area contributed by atoms with Gasteiger partial charge in [-0.25, -0.2) is 0 Å². The summed E-state index contributed by atoms with van der Waals surface area (Å²) in [4.78, 5) is 14.9. The van der Waals surface area contributed by atoms with E-state index in [2.05, 4.69) is 62.2 Å². The SMILES string of the molecule is COc1ccc(C(=O)NCCN(C)C)cc1-c1ccc(-c2ccc(Br)cc2)n1-c1ccccc1.Cl. The molecule has 4 aromatic rings. The molecule has 0 aliphatic carbocycles. The Hall–Kier alpha value is -3.06. The Morgan fingerprint density at radius 3 is 2.29 bits per heavy atom. The molecule has 1 aromatic heterocycles. The molecule has 35 heavy (non-hydrogen) atoms. The van der Waals surface area contributed by atoms with Crippen LogP contribution in [0.2, 0.25) is 0 Å². The summed E-state index contributed by atoms with van der Waals surface area (Å²) in [5, 5.41) is 3.00. The van der Waals surface area contributed by atoms with Crippen LogP contribution in [0.25, 0.3) is 28.2 Å². The molecule has 1 heterocycles. The molecule has 0 saturated heterocycles. The lowest BCUT2D eigenvalue weighted by Crippen LogP contribution is -2.31. The van der Waals surface area contributed by atoms with Crippen LogP contribution in [-0.2, 0) is 0 Å². The molecule has 5 nitrogen and oxygen atoms in total. The number of aromatic nitrogens is 1. The van der Waals surface area contributed by atoms with Gasteiger partial charge in [-0.2, -0.15) is 0 Å². The monoisotopic (exact) mass is 553 g/mol. The third-order valence-electron chi connectivity index (χ3n) is 5.62. The number of hydrogen-bond acceptors (Lipinski definition) is 3. The van der Waals surface area contributed by atoms with Crippen molar-refractivity contribution in [1.82, 2.24) is 14.8 Å². The summed E-state index contributed by atoms with van der Waals surface area (Å²) in [5.41, 5.74) is 5.58. The molecule has 0 fully saturated rings. The average molecular weight is 555 g/mol. The Morgan fingerprint density at radius 2 is 1.63 bits per heavy atom. The maximum atomic E-state index is 12.8. The van der Waals surface area contributed by atoms with Gasteiger partial charge in [0.25, 0.3) is 5.91 Å². The van der Waals surface area contributed by atoms with Crippen molar-refractivity contribution in [3.8, 4) is 34.0 Å². The van der Waals surface area contributed by atoms with Crippen molar-refractivity contribution in [2.75, 3.05) is 34.3 Å². The first-order chi connectivity index (χ1) is 16.5. The van der Waals surface area contributed by atoms with E-state index in [1.54, 1.807) is 13.2 Å². The summed E-state index contributed by atoms with van der Waals surface area (Å²) in [7, 11) is 5.62. The normalized spacial score (nSPS) is 10.7. The summed E-state index contributed by atoms with van der Waals surface area (Å²) in [6, 6.07) is 28.2. The number of likely N-dealkylation sites (N-methyl/N-ethyl adjacent to an activating group) is 1. The molecule has 0 aliphatic rings. The van der Waals surface area contributed by atoms with Gasteiger partial charge in [-0.3, -0.25) is 4.79 Å². The highest BCUT2D eigenvalue weighted by Gasteiger charge is 2.18. The summed E-state index contributed by atoms with van der Waals surface area (Å²) in [6.45, 7) is 1.36. The van der Waals surface area contributed by atoms with Gasteiger partial charge in [-0.05, 0) is 74.3 Å². The Kier molecular flexibility index (Phi) is 9.15. The number of para-hydroxylation sites is 1. The van der Waals surface area contributed by atoms with Crippen molar-refractivity contribution in [1.29, 1.82) is 0 Å². The highest BCUT2D eigenvalue weighted by atomic mass is 79.9. The molecule has 3 aromatic carbocycles. The first-order valence-electron chi connectivity index (χ1n) is 11.1. The summed E-state index contributed by atoms with van der Waals surface area (Å²) in [6.07, 6.45) is 0. The van der Waals surface area contributed by atoms with Gasteiger partial charge >= 0.3 is 0 Å². The number of hydrogen-bond donors (Lipinski definition) is 1. The largest absolute Gasteiger partial charge is 0.496 e. The van der Waals surface area contributed by atoms with Crippen molar-refractivity contribution in [2.24, 2.45) is 0 Å². The lowest BCUT2D eigenvalue weighted by molar-refractivity contribution is 0.0951. The standard InChI is InChI=1S/C28H28BrN3O2.ClH/c1-31(2)18-17-30-28(33)21-11-16-27(34-3)24(19-21)26-15-14-25(20-9-12-22(29)13-10-20)32(26)23-7-5-4-6-8-23;/h4-16,19H,17-18H2,1-3H3,(H,30,33);1H. The molecule has 0 atom stereocenters. The molecular formula is C28H29BrClN3O2. The summed E-state index contributed by atoms with van der Waals surface area (Å²) < 4.78 is 8.95. The second kappa shape index (κ2) is 12.1. The van der Waals surface area contributed by atoms with Gasteiger partial charge in [0, 0.05) is 34.4 Å². The molecule has 0 bridgehead atoms. The number of benzene rings is 3. The molecule has 0 saturated carbocycles. The van der Waals surface area contributed by atoms with Crippen molar-refractivity contribution in [3.05, 3.63) is 95.0 Å². The van der Waals surface area contributed by atoms with E-state index in [4.69, 9.17) is 4.74 Å². The fraction of sp³-hybridized carbons (Fsp3) is 0.179. The van der Waals surface area contributed by atoms with Crippen LogP contribution in [0.3, 0.4) is 0 Å². The van der Waals surface area contributed by atoms with Gasteiger partial charge in [0.2, 0.25) is 0 Å². The summed E-state index contributed by atoms with van der Waals surface area (Å²) >= 11 is 3.53. The number of halogens is 2. The fourth-order valence-corrected chi connectivity index (χ4v) is 4.16. The number of nitrogens with one attached hydrogen (secondary N) is 1. The van der Waals surface area contributed by atoms with E-state index in [-0.39, 0.29) is 18.3 Å². The van der Waals surface area contributed by atoms with Crippen LogP contribution in [-0.4, -0.2) is 49.7 Å². The number of ether oxygens (including phenoxy) is 1. The van der Waals surface area contributed by atoms with Crippen LogP contribution in [0.1, 0.15) is 10.4 Å². The second-order valence-electron chi connectivity index (χ2n) is 8.26. The number of nitrogens with zero attached hydrogens (tertiary/aromatic N) is 2. The molecular weight excluding hydrogens is 526 g/mol. The smallest absolute Gasteiger partial charge is 0.251 e. The Bertz CT molecular complexity index is 1270. The minimum Gasteiger partial charge on any atom is -0.496 e. The average Bonchev–Trinajstić information content (AvgIpc) is 3.29. The zero-order valence-corrected chi connectivity index (χ0v) is 22.4. The van der Waals surface area contributed by atoms with E-state index in [1.807, 2.05) is 61.5 Å². The van der Waals surface area contributed by atoms with Gasteiger partial charge in [-0.15, -0.1) is 12.4 Å². The highest BCUT2D eigenvalue weighted by Crippen LogP contribution is 2.37. The van der Waals surface area contributed by atoms with Crippen molar-refractivity contribution >= 4 is 34.2 Å². The number of carbonyl (C=O) groups is 1. The number of methoxy groups -OCH3 is 1. The minimum absolute atomic E-state index is 0. The van der Waals surface area contributed by atoms with E-state index in [1.165, 1.54) is 0 Å². The predicted octanol–water partition coefficient (Wildman–Crippen LogP) is 6.30. The zero-order valence-electron chi connectivity index (χ0n) is 20.0. The van der Waals surface area contributed by atoms with Gasteiger partial charge < -0.3 is 19.5 Å². The number of carbonyl (C=O) groups excluding carboxylic acids is 1. The van der Waals surface area contributed by atoms with Crippen LogP contribution in [0.15, 0.2) is 89.4 Å². The molecule has 0 unspecified atom stereocenters. The molecule has 0 aliphatic heterocycles. The first kappa shape index (κ1) is 26.5. The van der Waals surface area contributed by atoms with E-state index in [0.717, 1.165) is 39.2 Å². The van der Waals surface area contributed by atoms with Crippen molar-refractivity contribution < 1.29 is 9.53 Å². The van der Waals surface area contributed by atoms with Gasteiger partial charge in [-0.1, -0.05) is 46.3 Å². The van der Waals surface area contributed by atoms with E-state index < -0.39 is 0 Å². The lowest BCUT2D eigenvalue weighted by atomic mass is 10.1. The predicted molar refractivity (Wildman–Crippen MR) is 149 cm³/mol. The molecule has 1 amide bonds. The molecule has 0 spiro atoms. The minimum atomic E-state index is -0.100. The van der Waals surface area contributed by atoms with Crippen LogP contribution in [0, 0.1) is 0 Å². The highest BCUT2D eigenvalue weighted by molar-refractivity contribution is 9.10. The third-order valence-corrected chi connectivity index (χ3v) is 6.15. The van der Waals surface area contributed by atoms with Crippen LogP contribution < -0.4 is 10.1 Å². The molecule has 182 valence electrons. The Morgan fingerprint density at radius 1 is 0.943 bits per heavy atom. The number of rotatable bonds is 8. The molecule has 0 radical (unpaired) electrons.